The van der Waals surface area contributed by atoms with Gasteiger partial charge in [0.25, 0.3) is 0 Å². The molecule has 4 rings (SSSR count). The molecule has 14 heteroatoms. The van der Waals surface area contributed by atoms with Gasteiger partial charge in [-0.15, -0.1) is 24.8 Å². The van der Waals surface area contributed by atoms with Crippen LogP contribution in [0.4, 0.5) is 29.1 Å². The zero-order chi connectivity index (χ0) is 20.2. The first kappa shape index (κ1) is 25.0. The van der Waals surface area contributed by atoms with Crippen LogP contribution in [0.15, 0.2) is 24.4 Å². The van der Waals surface area contributed by atoms with E-state index >= 15 is 0 Å². The summed E-state index contributed by atoms with van der Waals surface area (Å²) in [6.45, 7) is 3.92. The first-order chi connectivity index (χ1) is 14.1. The number of nitro groups is 1. The van der Waals surface area contributed by atoms with E-state index in [-0.39, 0.29) is 42.1 Å². The summed E-state index contributed by atoms with van der Waals surface area (Å²) < 4.78 is 11.8. The van der Waals surface area contributed by atoms with Crippen molar-refractivity contribution >= 4 is 64.7 Å². The van der Waals surface area contributed by atoms with E-state index in [9.17, 15) is 14.3 Å². The Bertz CT molecular complexity index is 908. The second-order valence-corrected chi connectivity index (χ2v) is 8.41. The molecule has 2 fully saturated rings. The van der Waals surface area contributed by atoms with Gasteiger partial charge in [-0.2, -0.15) is 9.97 Å². The van der Waals surface area contributed by atoms with Gasteiger partial charge in [-0.25, -0.2) is 4.98 Å². The lowest BCUT2D eigenvalue weighted by atomic mass is 10.3. The standard InChI is InChI=1S/C17H22N8O3S.2ClH/c26-25(27)14-15(20-13-3-1-2-4-19-13)21-17(24-7-5-18-6-8-24)22-16(14)23-9-11-29(28)12-10-23;;/h1-4,18H,5-12H2,(H,19,20,21,22);2*1H. The molecule has 0 atom stereocenters. The lowest BCUT2D eigenvalue weighted by Gasteiger charge is -2.31. The minimum Gasteiger partial charge on any atom is -0.349 e. The predicted molar refractivity (Wildman–Crippen MR) is 126 cm³/mol. The van der Waals surface area contributed by atoms with E-state index in [0.29, 0.717) is 49.5 Å². The van der Waals surface area contributed by atoms with Crippen molar-refractivity contribution in [3.05, 3.63) is 34.5 Å². The molecule has 31 heavy (non-hydrogen) atoms. The van der Waals surface area contributed by atoms with Gasteiger partial charge in [-0.1, -0.05) is 6.07 Å². The van der Waals surface area contributed by atoms with Crippen molar-refractivity contribution in [1.29, 1.82) is 0 Å². The van der Waals surface area contributed by atoms with Crippen LogP contribution in [-0.2, 0) is 10.8 Å². The number of piperazine rings is 1. The third-order valence-corrected chi connectivity index (χ3v) is 6.10. The van der Waals surface area contributed by atoms with E-state index in [1.807, 2.05) is 9.80 Å². The number of hydrogen-bond donors (Lipinski definition) is 2. The highest BCUT2D eigenvalue weighted by molar-refractivity contribution is 7.85. The zero-order valence-electron chi connectivity index (χ0n) is 16.6. The van der Waals surface area contributed by atoms with Crippen LogP contribution in [-0.4, -0.2) is 74.9 Å². The van der Waals surface area contributed by atoms with Crippen molar-refractivity contribution in [3.63, 3.8) is 0 Å². The van der Waals surface area contributed by atoms with Crippen molar-refractivity contribution in [3.8, 4) is 0 Å². The number of rotatable bonds is 5. The van der Waals surface area contributed by atoms with Crippen LogP contribution in [0.2, 0.25) is 0 Å². The van der Waals surface area contributed by atoms with Gasteiger partial charge in [0.2, 0.25) is 17.6 Å². The molecule has 2 saturated heterocycles. The molecule has 0 amide bonds. The van der Waals surface area contributed by atoms with Gasteiger partial charge in [0.15, 0.2) is 0 Å². The quantitative estimate of drug-likeness (QED) is 0.467. The van der Waals surface area contributed by atoms with E-state index in [0.717, 1.165) is 13.1 Å². The topological polar surface area (TPSA) is 129 Å². The van der Waals surface area contributed by atoms with Gasteiger partial charge in [-0.05, 0) is 12.1 Å². The van der Waals surface area contributed by atoms with E-state index < -0.39 is 15.7 Å². The first-order valence-electron chi connectivity index (χ1n) is 9.42. The monoisotopic (exact) mass is 490 g/mol. The summed E-state index contributed by atoms with van der Waals surface area (Å²) in [6.07, 6.45) is 1.60. The maximum Gasteiger partial charge on any atom is 0.353 e. The third-order valence-electron chi connectivity index (χ3n) is 4.82. The second kappa shape index (κ2) is 11.4. The zero-order valence-corrected chi connectivity index (χ0v) is 19.0. The molecule has 0 unspecified atom stereocenters. The van der Waals surface area contributed by atoms with Crippen LogP contribution in [0.5, 0.6) is 0 Å². The molecular weight excluding hydrogens is 467 g/mol. The Morgan fingerprint density at radius 1 is 1.06 bits per heavy atom. The Balaban J connectivity index is 0.00000171. The Morgan fingerprint density at radius 3 is 2.39 bits per heavy atom. The summed E-state index contributed by atoms with van der Waals surface area (Å²) >= 11 is 0. The third kappa shape index (κ3) is 5.91. The van der Waals surface area contributed by atoms with Crippen LogP contribution in [0.1, 0.15) is 0 Å². The van der Waals surface area contributed by atoms with E-state index in [1.54, 1.807) is 24.4 Å². The van der Waals surface area contributed by atoms with Crippen LogP contribution < -0.4 is 20.4 Å². The van der Waals surface area contributed by atoms with Gasteiger partial charge in [0, 0.05) is 67.8 Å². The highest BCUT2D eigenvalue weighted by Crippen LogP contribution is 2.36. The number of pyridine rings is 1. The molecule has 4 heterocycles. The lowest BCUT2D eigenvalue weighted by Crippen LogP contribution is -2.45. The molecule has 2 aromatic rings. The van der Waals surface area contributed by atoms with Crippen LogP contribution >= 0.6 is 24.8 Å². The minimum atomic E-state index is -0.898. The number of nitrogens with one attached hydrogen (secondary N) is 2. The molecule has 0 spiro atoms. The normalized spacial score (nSPS) is 16.8. The van der Waals surface area contributed by atoms with E-state index in [2.05, 4.69) is 25.6 Å². The van der Waals surface area contributed by atoms with Gasteiger partial charge in [0.05, 0.1) is 4.92 Å². The SMILES string of the molecule is Cl.Cl.O=[N+]([O-])c1c(Nc2ccccn2)nc(N2CCNCC2)nc1N1CCS(=O)CC1. The second-order valence-electron chi connectivity index (χ2n) is 6.71. The summed E-state index contributed by atoms with van der Waals surface area (Å²) in [7, 11) is -0.898. The number of nitrogens with zero attached hydrogens (tertiary/aromatic N) is 6. The summed E-state index contributed by atoms with van der Waals surface area (Å²) in [5, 5.41) is 18.2. The average Bonchev–Trinajstić information content (AvgIpc) is 2.75. The first-order valence-corrected chi connectivity index (χ1v) is 10.9. The highest BCUT2D eigenvalue weighted by atomic mass is 35.5. The number of anilines is 4. The van der Waals surface area contributed by atoms with Crippen LogP contribution in [0.3, 0.4) is 0 Å². The molecule has 2 aliphatic heterocycles. The Labute approximate surface area is 194 Å². The van der Waals surface area contributed by atoms with Gasteiger partial charge < -0.3 is 20.4 Å². The summed E-state index contributed by atoms with van der Waals surface area (Å²) in [5.74, 6) is 2.20. The van der Waals surface area contributed by atoms with E-state index in [4.69, 9.17) is 0 Å². The Morgan fingerprint density at radius 2 is 1.77 bits per heavy atom. The molecule has 170 valence electrons. The molecule has 2 aromatic heterocycles. The maximum absolute atomic E-state index is 12.0. The highest BCUT2D eigenvalue weighted by Gasteiger charge is 2.32. The fourth-order valence-electron chi connectivity index (χ4n) is 3.32. The lowest BCUT2D eigenvalue weighted by molar-refractivity contribution is -0.383. The van der Waals surface area contributed by atoms with Crippen molar-refractivity contribution in [1.82, 2.24) is 20.3 Å². The average molecular weight is 491 g/mol. The number of halogens is 2. The smallest absolute Gasteiger partial charge is 0.349 e. The molecule has 0 radical (unpaired) electrons. The van der Waals surface area contributed by atoms with Crippen LogP contribution in [0.25, 0.3) is 0 Å². The molecule has 0 bridgehead atoms. The molecule has 0 saturated carbocycles. The van der Waals surface area contributed by atoms with E-state index in [1.165, 1.54) is 0 Å². The van der Waals surface area contributed by atoms with Crippen LogP contribution in [0, 0.1) is 10.1 Å². The van der Waals surface area contributed by atoms with Crippen molar-refractivity contribution in [2.45, 2.75) is 0 Å². The molecule has 2 aliphatic rings. The van der Waals surface area contributed by atoms with Gasteiger partial charge in [-0.3, -0.25) is 14.3 Å². The van der Waals surface area contributed by atoms with Crippen molar-refractivity contribution in [2.75, 3.05) is 65.9 Å². The molecule has 0 aliphatic carbocycles. The number of hydrogen-bond acceptors (Lipinski definition) is 10. The Hall–Kier alpha value is -2.28. The maximum atomic E-state index is 12.0. The fraction of sp³-hybridized carbons (Fsp3) is 0.471. The fourth-order valence-corrected chi connectivity index (χ4v) is 4.37. The minimum absolute atomic E-state index is 0. The van der Waals surface area contributed by atoms with Crippen molar-refractivity contribution < 1.29 is 9.13 Å². The number of aromatic nitrogens is 3. The Kier molecular flexibility index (Phi) is 9.16. The largest absolute Gasteiger partial charge is 0.353 e. The molecule has 11 nitrogen and oxygen atoms in total. The van der Waals surface area contributed by atoms with Gasteiger partial charge in [0.1, 0.15) is 5.82 Å². The van der Waals surface area contributed by atoms with Crippen molar-refractivity contribution in [2.24, 2.45) is 0 Å². The molecule has 0 aromatic carbocycles. The van der Waals surface area contributed by atoms with Gasteiger partial charge >= 0.3 is 5.69 Å². The summed E-state index contributed by atoms with van der Waals surface area (Å²) in [6, 6.07) is 5.28. The molecular formula is C17H24Cl2N8O3S. The summed E-state index contributed by atoms with van der Waals surface area (Å²) in [5.41, 5.74) is -0.192. The molecule has 2 N–H and O–H groups in total. The summed E-state index contributed by atoms with van der Waals surface area (Å²) in [4.78, 5) is 28.6. The predicted octanol–water partition coefficient (Wildman–Crippen LogP) is 1.35.